The minimum atomic E-state index is -3.45. The molecule has 3 aliphatic rings. The summed E-state index contributed by atoms with van der Waals surface area (Å²) in [6.45, 7) is 0. The summed E-state index contributed by atoms with van der Waals surface area (Å²) in [6.07, 6.45) is 1.05. The number of nitrogens with zero attached hydrogens (tertiary/aromatic N) is 1. The van der Waals surface area contributed by atoms with Crippen molar-refractivity contribution in [2.45, 2.75) is 24.5 Å². The van der Waals surface area contributed by atoms with Gasteiger partial charge in [-0.05, 0) is 74.8 Å². The highest BCUT2D eigenvalue weighted by atomic mass is 32.2. The van der Waals surface area contributed by atoms with Gasteiger partial charge >= 0.3 is 0 Å². The molecular weight excluding hydrogens is 578 g/mol. The molecule has 13 heteroatoms. The number of sulfonamides is 1. The SMILES string of the molecule is CN(C)[C@H]1C(=O)C(C(N)=O)C(=O)[C@]2(O)C(=O)C3C(=O)c4c(O)ccc(C#Cc5ccc(NS(C)(=O)=O)cc5)c4C[C@@H]3C[C@H]12. The first-order chi connectivity index (χ1) is 20.1. The fourth-order valence-electron chi connectivity index (χ4n) is 6.70. The highest BCUT2D eigenvalue weighted by Crippen LogP contribution is 2.50. The number of Topliss-reactive ketones (excluding diaryl/α,β-unsaturated/α-hetero) is 4. The van der Waals surface area contributed by atoms with Crippen LogP contribution in [0.4, 0.5) is 5.69 Å². The molecule has 2 aromatic rings. The summed E-state index contributed by atoms with van der Waals surface area (Å²) in [6, 6.07) is 7.89. The number of hydrogen-bond acceptors (Lipinski definition) is 10. The maximum atomic E-state index is 13.9. The van der Waals surface area contributed by atoms with Crippen LogP contribution in [-0.2, 0) is 35.6 Å². The van der Waals surface area contributed by atoms with E-state index in [1.54, 1.807) is 12.1 Å². The largest absolute Gasteiger partial charge is 0.507 e. The number of rotatable bonds is 4. The zero-order chi connectivity index (χ0) is 31.6. The Labute approximate surface area is 247 Å². The van der Waals surface area contributed by atoms with Crippen molar-refractivity contribution in [3.63, 3.8) is 0 Å². The van der Waals surface area contributed by atoms with Crippen molar-refractivity contribution in [1.29, 1.82) is 0 Å². The normalized spacial score (nSPS) is 28.3. The fourth-order valence-corrected chi connectivity index (χ4v) is 7.26. The number of nitrogens with two attached hydrogens (primary N) is 1. The summed E-state index contributed by atoms with van der Waals surface area (Å²) >= 11 is 0. The third-order valence-electron chi connectivity index (χ3n) is 8.47. The average Bonchev–Trinajstić information content (AvgIpc) is 2.90. The second-order valence-electron chi connectivity index (χ2n) is 11.5. The van der Waals surface area contributed by atoms with Crippen LogP contribution in [0.2, 0.25) is 0 Å². The minimum absolute atomic E-state index is 0.0682. The van der Waals surface area contributed by atoms with Gasteiger partial charge in [0.1, 0.15) is 5.75 Å². The zero-order valence-electron chi connectivity index (χ0n) is 23.5. The Hall–Kier alpha value is -4.38. The molecule has 6 atom stereocenters. The van der Waals surface area contributed by atoms with E-state index in [0.717, 1.165) is 6.26 Å². The van der Waals surface area contributed by atoms with Crippen molar-refractivity contribution in [2.75, 3.05) is 25.1 Å². The molecule has 2 fully saturated rings. The second kappa shape index (κ2) is 10.4. The first kappa shape index (κ1) is 30.1. The molecule has 0 aromatic heterocycles. The van der Waals surface area contributed by atoms with E-state index < -0.39 is 80.1 Å². The number of fused-ring (bicyclic) bond motifs is 3. The van der Waals surface area contributed by atoms with Gasteiger partial charge in [-0.2, -0.15) is 0 Å². The Balaban J connectivity index is 1.54. The van der Waals surface area contributed by atoms with Crippen LogP contribution >= 0.6 is 0 Å². The number of amides is 1. The van der Waals surface area contributed by atoms with Crippen LogP contribution in [-0.4, -0.2) is 84.6 Å². The van der Waals surface area contributed by atoms with Crippen molar-refractivity contribution >= 4 is 44.8 Å². The molecule has 2 unspecified atom stereocenters. The summed E-state index contributed by atoms with van der Waals surface area (Å²) < 4.78 is 25.3. The van der Waals surface area contributed by atoms with E-state index in [9.17, 15) is 42.6 Å². The van der Waals surface area contributed by atoms with Gasteiger partial charge < -0.3 is 15.9 Å². The van der Waals surface area contributed by atoms with Crippen LogP contribution in [0.15, 0.2) is 36.4 Å². The standard InChI is InChI=1S/C30H29N3O9S/c1-33(2)24-19-13-16-12-18-15(7-4-14-5-9-17(10-6-14)32-43(3,41)42)8-11-20(34)22(18)25(35)21(16)27(37)30(19,40)28(38)23(26(24)36)29(31)39/h5-6,8-11,16,19,21,23-24,32,34,40H,12-13H2,1-3H3,(H2,31,39)/t16-,19-,21?,23?,24-,30-/m1/s1. The van der Waals surface area contributed by atoms with E-state index in [1.807, 2.05) is 0 Å². The van der Waals surface area contributed by atoms with Crippen molar-refractivity contribution < 1.29 is 42.6 Å². The van der Waals surface area contributed by atoms with Gasteiger partial charge in [0.05, 0.1) is 23.8 Å². The van der Waals surface area contributed by atoms with Crippen molar-refractivity contribution in [1.82, 2.24) is 4.90 Å². The molecule has 3 aliphatic carbocycles. The molecule has 0 heterocycles. The quantitative estimate of drug-likeness (QED) is 0.263. The lowest BCUT2D eigenvalue weighted by Crippen LogP contribution is -2.74. The molecule has 224 valence electrons. The molecule has 1 amide bonds. The maximum Gasteiger partial charge on any atom is 0.235 e. The Kier molecular flexibility index (Phi) is 7.28. The Bertz CT molecular complexity index is 1770. The second-order valence-corrected chi connectivity index (χ2v) is 13.2. The lowest BCUT2D eigenvalue weighted by molar-refractivity contribution is -0.181. The van der Waals surface area contributed by atoms with Crippen LogP contribution in [0.5, 0.6) is 5.75 Å². The molecule has 5 N–H and O–H groups in total. The van der Waals surface area contributed by atoms with Crippen LogP contribution in [0.25, 0.3) is 0 Å². The van der Waals surface area contributed by atoms with Gasteiger partial charge in [-0.1, -0.05) is 11.8 Å². The number of ketones is 4. The number of anilines is 1. The van der Waals surface area contributed by atoms with E-state index in [4.69, 9.17) is 5.73 Å². The summed E-state index contributed by atoms with van der Waals surface area (Å²) in [4.78, 5) is 67.8. The maximum absolute atomic E-state index is 13.9. The van der Waals surface area contributed by atoms with Gasteiger partial charge in [0.2, 0.25) is 15.9 Å². The topological polar surface area (TPSA) is 201 Å². The number of hydrogen-bond donors (Lipinski definition) is 4. The van der Waals surface area contributed by atoms with Gasteiger partial charge in [0, 0.05) is 22.7 Å². The summed E-state index contributed by atoms with van der Waals surface area (Å²) in [5, 5.41) is 22.3. The van der Waals surface area contributed by atoms with Crippen LogP contribution in [0.1, 0.15) is 33.5 Å². The van der Waals surface area contributed by atoms with E-state index in [0.29, 0.717) is 22.4 Å². The van der Waals surface area contributed by atoms with Gasteiger partial charge in [0.15, 0.2) is 34.7 Å². The minimum Gasteiger partial charge on any atom is -0.507 e. The molecule has 2 saturated carbocycles. The van der Waals surface area contributed by atoms with Crippen molar-refractivity contribution in [3.05, 3.63) is 58.7 Å². The molecule has 43 heavy (non-hydrogen) atoms. The highest BCUT2D eigenvalue weighted by Gasteiger charge is 2.69. The molecule has 12 nitrogen and oxygen atoms in total. The average molecular weight is 608 g/mol. The Morgan fingerprint density at radius 1 is 1.05 bits per heavy atom. The number of phenolic OH excluding ortho intramolecular Hbond substituents is 1. The van der Waals surface area contributed by atoms with Crippen LogP contribution in [0.3, 0.4) is 0 Å². The zero-order valence-corrected chi connectivity index (χ0v) is 24.3. The Morgan fingerprint density at radius 2 is 1.70 bits per heavy atom. The molecule has 0 spiro atoms. The summed E-state index contributed by atoms with van der Waals surface area (Å²) in [5.74, 6) is -5.27. The van der Waals surface area contributed by atoms with E-state index in [2.05, 4.69) is 16.6 Å². The van der Waals surface area contributed by atoms with Crippen molar-refractivity contribution in [3.8, 4) is 17.6 Å². The molecule has 0 bridgehead atoms. The number of likely N-dealkylation sites (N-methyl/N-ethyl adjacent to an activating group) is 1. The molecule has 5 rings (SSSR count). The lowest BCUT2D eigenvalue weighted by Gasteiger charge is -2.52. The van der Waals surface area contributed by atoms with Gasteiger partial charge in [-0.25, -0.2) is 8.42 Å². The van der Waals surface area contributed by atoms with Gasteiger partial charge in [-0.3, -0.25) is 33.6 Å². The van der Waals surface area contributed by atoms with Gasteiger partial charge in [-0.15, -0.1) is 0 Å². The molecule has 2 aromatic carbocycles. The number of aliphatic hydroxyl groups is 1. The Morgan fingerprint density at radius 3 is 2.28 bits per heavy atom. The third kappa shape index (κ3) is 4.91. The third-order valence-corrected chi connectivity index (χ3v) is 9.08. The predicted molar refractivity (Wildman–Crippen MR) is 152 cm³/mol. The molecule has 0 aliphatic heterocycles. The fraction of sp³-hybridized carbons (Fsp3) is 0.367. The van der Waals surface area contributed by atoms with Crippen molar-refractivity contribution in [2.24, 2.45) is 29.4 Å². The van der Waals surface area contributed by atoms with E-state index in [-0.39, 0.29) is 18.4 Å². The number of primary amides is 1. The summed E-state index contributed by atoms with van der Waals surface area (Å²) in [5.41, 5.74) is 4.08. The van der Waals surface area contributed by atoms with Crippen LogP contribution < -0.4 is 10.5 Å². The number of carbonyl (C=O) groups is 5. The highest BCUT2D eigenvalue weighted by molar-refractivity contribution is 7.92. The van der Waals surface area contributed by atoms with Crippen LogP contribution in [0, 0.1) is 35.5 Å². The first-order valence-electron chi connectivity index (χ1n) is 13.4. The molecule has 0 radical (unpaired) electrons. The number of phenols is 1. The van der Waals surface area contributed by atoms with E-state index in [1.165, 1.54) is 43.3 Å². The summed E-state index contributed by atoms with van der Waals surface area (Å²) in [7, 11) is -0.417. The molecular formula is C30H29N3O9S. The smallest absolute Gasteiger partial charge is 0.235 e. The number of carbonyl (C=O) groups excluding carboxylic acids is 5. The number of benzene rings is 2. The monoisotopic (exact) mass is 607 g/mol. The number of aromatic hydroxyl groups is 1. The first-order valence-corrected chi connectivity index (χ1v) is 15.2. The molecule has 0 saturated heterocycles. The lowest BCUT2D eigenvalue weighted by atomic mass is 9.52. The van der Waals surface area contributed by atoms with Gasteiger partial charge in [0.25, 0.3) is 0 Å². The predicted octanol–water partition coefficient (Wildman–Crippen LogP) is -0.362. The van der Waals surface area contributed by atoms with E-state index >= 15 is 0 Å². The number of nitrogens with one attached hydrogen (secondary N) is 1.